The van der Waals surface area contributed by atoms with Crippen molar-refractivity contribution >= 4 is 0 Å². The molecule has 2 aromatic carbocycles. The van der Waals surface area contributed by atoms with E-state index < -0.39 is 6.10 Å². The Hall–Kier alpha value is -2.74. The van der Waals surface area contributed by atoms with Gasteiger partial charge < -0.3 is 5.11 Å². The average molecular weight is 286 g/mol. The van der Waals surface area contributed by atoms with Crippen LogP contribution in [0.3, 0.4) is 0 Å². The summed E-state index contributed by atoms with van der Waals surface area (Å²) in [6.45, 7) is 0. The second kappa shape index (κ2) is 9.24. The fourth-order valence-corrected chi connectivity index (χ4v) is 1.89. The van der Waals surface area contributed by atoms with Crippen molar-refractivity contribution in [3.63, 3.8) is 0 Å². The average Bonchev–Trinajstić information content (AvgIpc) is 2.58. The summed E-state index contributed by atoms with van der Waals surface area (Å²) in [5.74, 6) is 11.6. The van der Waals surface area contributed by atoms with Gasteiger partial charge in [0.15, 0.2) is 0 Å². The van der Waals surface area contributed by atoms with Gasteiger partial charge >= 0.3 is 0 Å². The van der Waals surface area contributed by atoms with E-state index in [-0.39, 0.29) is 0 Å². The van der Waals surface area contributed by atoms with Crippen molar-refractivity contribution in [1.29, 1.82) is 0 Å². The van der Waals surface area contributed by atoms with E-state index in [9.17, 15) is 5.11 Å². The first-order valence-electron chi connectivity index (χ1n) is 7.29. The van der Waals surface area contributed by atoms with Crippen LogP contribution in [0.2, 0.25) is 0 Å². The lowest BCUT2D eigenvalue weighted by Gasteiger charge is -2.02. The first-order valence-corrected chi connectivity index (χ1v) is 7.29. The topological polar surface area (TPSA) is 20.2 Å². The second-order valence-corrected chi connectivity index (χ2v) is 4.80. The van der Waals surface area contributed by atoms with E-state index in [1.165, 1.54) is 5.56 Å². The Labute approximate surface area is 132 Å². The summed E-state index contributed by atoms with van der Waals surface area (Å²) < 4.78 is 0. The molecule has 0 saturated heterocycles. The van der Waals surface area contributed by atoms with Crippen LogP contribution in [0.25, 0.3) is 0 Å². The van der Waals surface area contributed by atoms with Crippen LogP contribution in [0.4, 0.5) is 0 Å². The summed E-state index contributed by atoms with van der Waals surface area (Å²) in [6, 6.07) is 19.9. The maximum absolute atomic E-state index is 9.80. The van der Waals surface area contributed by atoms with Crippen molar-refractivity contribution in [3.05, 3.63) is 83.9 Å². The third-order valence-corrected chi connectivity index (χ3v) is 3.04. The summed E-state index contributed by atoms with van der Waals surface area (Å²) in [6.07, 6.45) is 4.23. The minimum atomic E-state index is -0.605. The SMILES string of the molecule is OC(C#C/C=C\C#Cc1ccccc1)CCc1ccccc1. The first-order chi connectivity index (χ1) is 10.8. The fourth-order valence-electron chi connectivity index (χ4n) is 1.89. The number of aryl methyl sites for hydroxylation is 1. The number of benzene rings is 2. The predicted octanol–water partition coefficient (Wildman–Crippen LogP) is 3.59. The summed E-state index contributed by atoms with van der Waals surface area (Å²) in [5.41, 5.74) is 2.19. The molecular formula is C21H18O. The molecule has 1 unspecified atom stereocenters. The molecule has 0 saturated carbocycles. The highest BCUT2D eigenvalue weighted by Gasteiger charge is 1.99. The van der Waals surface area contributed by atoms with Crippen LogP contribution in [0.1, 0.15) is 17.5 Å². The van der Waals surface area contributed by atoms with E-state index in [0.717, 1.165) is 12.0 Å². The Morgan fingerprint density at radius 3 is 2.23 bits per heavy atom. The van der Waals surface area contributed by atoms with Crippen LogP contribution in [0.5, 0.6) is 0 Å². The molecule has 0 fully saturated rings. The third-order valence-electron chi connectivity index (χ3n) is 3.04. The third kappa shape index (κ3) is 6.14. The zero-order valence-electron chi connectivity index (χ0n) is 12.4. The van der Waals surface area contributed by atoms with Crippen LogP contribution in [-0.2, 0) is 6.42 Å². The standard InChI is InChI=1S/C21H18O/c22-21(18-17-20-14-8-4-9-15-20)16-10-2-1-5-11-19-12-6-3-7-13-19/h1-4,6-9,12-15,21-22H,17-18H2/b2-1-. The molecule has 0 amide bonds. The molecule has 0 heterocycles. The zero-order valence-corrected chi connectivity index (χ0v) is 12.4. The van der Waals surface area contributed by atoms with Crippen LogP contribution < -0.4 is 0 Å². The minimum absolute atomic E-state index is 0.605. The highest BCUT2D eigenvalue weighted by molar-refractivity contribution is 5.37. The monoisotopic (exact) mass is 286 g/mol. The van der Waals surface area contributed by atoms with Crippen molar-refractivity contribution in [1.82, 2.24) is 0 Å². The first kappa shape index (κ1) is 15.6. The summed E-state index contributed by atoms with van der Waals surface area (Å²) in [5, 5.41) is 9.80. The molecule has 108 valence electrons. The molecule has 2 rings (SSSR count). The Morgan fingerprint density at radius 1 is 0.864 bits per heavy atom. The van der Waals surface area contributed by atoms with Gasteiger partial charge in [-0.1, -0.05) is 72.2 Å². The molecule has 0 aliphatic rings. The second-order valence-electron chi connectivity index (χ2n) is 4.80. The van der Waals surface area contributed by atoms with Gasteiger partial charge in [-0.25, -0.2) is 0 Å². The van der Waals surface area contributed by atoms with Crippen LogP contribution >= 0.6 is 0 Å². The molecule has 0 radical (unpaired) electrons. The molecule has 1 atom stereocenters. The maximum atomic E-state index is 9.80. The zero-order chi connectivity index (χ0) is 15.5. The Kier molecular flexibility index (Phi) is 6.57. The predicted molar refractivity (Wildman–Crippen MR) is 91.0 cm³/mol. The van der Waals surface area contributed by atoms with Gasteiger partial charge in [0, 0.05) is 5.56 Å². The molecule has 1 nitrogen and oxygen atoms in total. The van der Waals surface area contributed by atoms with Gasteiger partial charge in [0.25, 0.3) is 0 Å². The van der Waals surface area contributed by atoms with E-state index in [2.05, 4.69) is 35.8 Å². The van der Waals surface area contributed by atoms with Crippen molar-refractivity contribution < 1.29 is 5.11 Å². The van der Waals surface area contributed by atoms with E-state index in [0.29, 0.717) is 6.42 Å². The van der Waals surface area contributed by atoms with Gasteiger partial charge in [-0.2, -0.15) is 0 Å². The number of aliphatic hydroxyl groups is 1. The molecule has 1 heteroatoms. The van der Waals surface area contributed by atoms with Crippen molar-refractivity contribution in [2.75, 3.05) is 0 Å². The van der Waals surface area contributed by atoms with Gasteiger partial charge in [-0.05, 0) is 42.7 Å². The molecule has 0 bridgehead atoms. The van der Waals surface area contributed by atoms with Gasteiger partial charge in [0.1, 0.15) is 6.10 Å². The molecule has 0 spiro atoms. The lowest BCUT2D eigenvalue weighted by atomic mass is 10.1. The number of allylic oxidation sites excluding steroid dienone is 2. The highest BCUT2D eigenvalue weighted by atomic mass is 16.3. The molecule has 1 N–H and O–H groups in total. The van der Waals surface area contributed by atoms with Crippen molar-refractivity contribution in [2.45, 2.75) is 18.9 Å². The van der Waals surface area contributed by atoms with Crippen LogP contribution in [0.15, 0.2) is 72.8 Å². The molecule has 0 aliphatic heterocycles. The molecule has 0 aliphatic carbocycles. The smallest absolute Gasteiger partial charge is 0.115 e. The van der Waals surface area contributed by atoms with E-state index in [1.54, 1.807) is 12.2 Å². The highest BCUT2D eigenvalue weighted by Crippen LogP contribution is 2.04. The number of aliphatic hydroxyl groups excluding tert-OH is 1. The van der Waals surface area contributed by atoms with E-state index in [1.807, 2.05) is 48.5 Å². The Morgan fingerprint density at radius 2 is 1.50 bits per heavy atom. The molecule has 0 aromatic heterocycles. The van der Waals surface area contributed by atoms with Gasteiger partial charge in [0.05, 0.1) is 0 Å². The van der Waals surface area contributed by atoms with Gasteiger partial charge in [-0.3, -0.25) is 0 Å². The number of rotatable bonds is 3. The van der Waals surface area contributed by atoms with Gasteiger partial charge in [-0.15, -0.1) is 0 Å². The lowest BCUT2D eigenvalue weighted by molar-refractivity contribution is 0.222. The van der Waals surface area contributed by atoms with Crippen molar-refractivity contribution in [3.8, 4) is 23.7 Å². The normalized spacial score (nSPS) is 11.1. The maximum Gasteiger partial charge on any atom is 0.115 e. The fraction of sp³-hybridized carbons (Fsp3) is 0.143. The summed E-state index contributed by atoms with van der Waals surface area (Å²) in [4.78, 5) is 0. The molecule has 2 aromatic rings. The van der Waals surface area contributed by atoms with E-state index >= 15 is 0 Å². The minimum Gasteiger partial charge on any atom is -0.380 e. The quantitative estimate of drug-likeness (QED) is 0.855. The van der Waals surface area contributed by atoms with Crippen LogP contribution in [-0.4, -0.2) is 11.2 Å². The van der Waals surface area contributed by atoms with Crippen LogP contribution in [0, 0.1) is 23.7 Å². The summed E-state index contributed by atoms with van der Waals surface area (Å²) in [7, 11) is 0. The summed E-state index contributed by atoms with van der Waals surface area (Å²) >= 11 is 0. The Balaban J connectivity index is 1.76. The van der Waals surface area contributed by atoms with Gasteiger partial charge in [0.2, 0.25) is 0 Å². The molecule has 22 heavy (non-hydrogen) atoms. The van der Waals surface area contributed by atoms with Crippen molar-refractivity contribution in [2.24, 2.45) is 0 Å². The molecular weight excluding hydrogens is 268 g/mol. The number of hydrogen-bond donors (Lipinski definition) is 1. The Bertz CT molecular complexity index is 706. The number of hydrogen-bond acceptors (Lipinski definition) is 1. The van der Waals surface area contributed by atoms with E-state index in [4.69, 9.17) is 0 Å². The lowest BCUT2D eigenvalue weighted by Crippen LogP contribution is -2.04. The largest absolute Gasteiger partial charge is 0.380 e.